The number of hydrogen-bond acceptors (Lipinski definition) is 3. The first-order valence-corrected chi connectivity index (χ1v) is 6.88. The molecule has 1 aromatic carbocycles. The van der Waals surface area contributed by atoms with Gasteiger partial charge in [0.05, 0.1) is 16.6 Å². The van der Waals surface area contributed by atoms with Gasteiger partial charge in [0.2, 0.25) is 5.91 Å². The molecule has 2 N–H and O–H groups in total. The third-order valence-electron chi connectivity index (χ3n) is 2.48. The van der Waals surface area contributed by atoms with Gasteiger partial charge in [0.15, 0.2) is 0 Å². The number of nitrogens with zero attached hydrogens (tertiary/aromatic N) is 1. The lowest BCUT2D eigenvalue weighted by Crippen LogP contribution is -2.43. The second-order valence-electron chi connectivity index (χ2n) is 4.29. The van der Waals surface area contributed by atoms with Crippen LogP contribution in [0.1, 0.15) is 12.5 Å². The molecule has 0 aromatic heterocycles. The summed E-state index contributed by atoms with van der Waals surface area (Å²) >= 11 is 12.0. The monoisotopic (exact) mass is 317 g/mol. The molecule has 20 heavy (non-hydrogen) atoms. The molecule has 0 saturated heterocycles. The summed E-state index contributed by atoms with van der Waals surface area (Å²) in [6, 6.07) is 4.85. The smallest absolute Gasteiger partial charge is 0.321 e. The van der Waals surface area contributed by atoms with Crippen LogP contribution in [0.25, 0.3) is 0 Å². The molecule has 0 radical (unpaired) electrons. The van der Waals surface area contributed by atoms with Crippen LogP contribution in [0.5, 0.6) is 0 Å². The van der Waals surface area contributed by atoms with Crippen LogP contribution >= 0.6 is 23.2 Å². The summed E-state index contributed by atoms with van der Waals surface area (Å²) in [4.78, 5) is 24.5. The van der Waals surface area contributed by atoms with Crippen molar-refractivity contribution in [3.05, 3.63) is 33.8 Å². The number of amides is 3. The van der Waals surface area contributed by atoms with Gasteiger partial charge in [-0.05, 0) is 25.6 Å². The number of benzene rings is 1. The molecule has 3 amide bonds. The largest absolute Gasteiger partial charge is 0.338 e. The van der Waals surface area contributed by atoms with E-state index in [1.165, 1.54) is 0 Å². The highest BCUT2D eigenvalue weighted by Gasteiger charge is 2.12. The average Bonchev–Trinajstić information content (AvgIpc) is 2.34. The number of imide groups is 1. The highest BCUT2D eigenvalue weighted by molar-refractivity contribution is 6.42. The number of carbonyl (C=O) groups excluding carboxylic acids is 2. The molecule has 1 aromatic rings. The molecule has 0 atom stereocenters. The van der Waals surface area contributed by atoms with Crippen molar-refractivity contribution < 1.29 is 9.59 Å². The van der Waals surface area contributed by atoms with Crippen LogP contribution < -0.4 is 10.6 Å². The first-order chi connectivity index (χ1) is 9.43. The summed E-state index contributed by atoms with van der Waals surface area (Å²) in [5.74, 6) is -0.378. The Bertz CT molecular complexity index is 495. The van der Waals surface area contributed by atoms with Crippen LogP contribution in [-0.2, 0) is 11.3 Å². The Kier molecular flexibility index (Phi) is 6.78. The molecule has 1 rings (SSSR count). The zero-order chi connectivity index (χ0) is 15.1. The van der Waals surface area contributed by atoms with Crippen LogP contribution in [0.2, 0.25) is 10.0 Å². The fourth-order valence-electron chi connectivity index (χ4n) is 1.63. The van der Waals surface area contributed by atoms with Gasteiger partial charge in [-0.1, -0.05) is 35.3 Å². The molecule has 0 unspecified atom stereocenters. The van der Waals surface area contributed by atoms with Crippen LogP contribution in [0.4, 0.5) is 4.79 Å². The Morgan fingerprint density at radius 3 is 2.65 bits per heavy atom. The summed E-state index contributed by atoms with van der Waals surface area (Å²) < 4.78 is 0. The Morgan fingerprint density at radius 1 is 1.30 bits per heavy atom. The maximum absolute atomic E-state index is 11.6. The zero-order valence-electron chi connectivity index (χ0n) is 11.4. The molecule has 0 aliphatic rings. The van der Waals surface area contributed by atoms with Crippen LogP contribution in [-0.4, -0.2) is 37.0 Å². The predicted molar refractivity (Wildman–Crippen MR) is 80.0 cm³/mol. The van der Waals surface area contributed by atoms with Gasteiger partial charge >= 0.3 is 6.03 Å². The van der Waals surface area contributed by atoms with E-state index in [0.717, 1.165) is 5.56 Å². The Labute approximate surface area is 128 Å². The van der Waals surface area contributed by atoms with Crippen molar-refractivity contribution in [3.8, 4) is 0 Å². The molecule has 0 spiro atoms. The molecular weight excluding hydrogens is 301 g/mol. The lowest BCUT2D eigenvalue weighted by atomic mass is 10.2. The highest BCUT2D eigenvalue weighted by Crippen LogP contribution is 2.26. The maximum Gasteiger partial charge on any atom is 0.321 e. The van der Waals surface area contributed by atoms with Gasteiger partial charge in [0, 0.05) is 13.1 Å². The third kappa shape index (κ3) is 5.36. The normalized spacial score (nSPS) is 10.4. The second kappa shape index (κ2) is 8.09. The van der Waals surface area contributed by atoms with Gasteiger partial charge in [-0.3, -0.25) is 15.0 Å². The summed E-state index contributed by atoms with van der Waals surface area (Å²) in [6.45, 7) is 2.78. The first kappa shape index (κ1) is 16.8. The molecular formula is C13H17Cl2N3O2. The van der Waals surface area contributed by atoms with Gasteiger partial charge in [-0.25, -0.2) is 4.79 Å². The number of likely N-dealkylation sites (N-methyl/N-ethyl adjacent to an activating group) is 1. The van der Waals surface area contributed by atoms with Gasteiger partial charge in [-0.2, -0.15) is 0 Å². The minimum Gasteiger partial charge on any atom is -0.338 e. The van der Waals surface area contributed by atoms with E-state index in [4.69, 9.17) is 23.2 Å². The van der Waals surface area contributed by atoms with Crippen molar-refractivity contribution >= 4 is 35.1 Å². The van der Waals surface area contributed by atoms with E-state index in [1.54, 1.807) is 31.0 Å². The fraction of sp³-hybridized carbons (Fsp3) is 0.385. The van der Waals surface area contributed by atoms with Gasteiger partial charge in [-0.15, -0.1) is 0 Å². The number of nitrogens with one attached hydrogen (secondary N) is 2. The molecule has 7 heteroatoms. The van der Waals surface area contributed by atoms with E-state index in [2.05, 4.69) is 10.6 Å². The van der Waals surface area contributed by atoms with Crippen LogP contribution in [0, 0.1) is 0 Å². The van der Waals surface area contributed by atoms with E-state index in [-0.39, 0.29) is 12.5 Å². The summed E-state index contributed by atoms with van der Waals surface area (Å²) in [7, 11) is 1.76. The van der Waals surface area contributed by atoms with Crippen molar-refractivity contribution in [2.24, 2.45) is 0 Å². The molecule has 0 aliphatic carbocycles. The predicted octanol–water partition coefficient (Wildman–Crippen LogP) is 2.27. The number of hydrogen-bond donors (Lipinski definition) is 2. The number of carbonyl (C=O) groups is 2. The molecule has 0 heterocycles. The quantitative estimate of drug-likeness (QED) is 0.875. The number of urea groups is 1. The molecule has 110 valence electrons. The average molecular weight is 318 g/mol. The standard InChI is InChI=1S/C13H17Cl2N3O2/c1-3-16-13(20)17-11(19)8-18(2)7-9-5-4-6-10(14)12(9)15/h4-6H,3,7-8H2,1-2H3,(H2,16,17,19,20). The second-order valence-corrected chi connectivity index (χ2v) is 5.08. The van der Waals surface area contributed by atoms with E-state index in [9.17, 15) is 9.59 Å². The molecule has 0 saturated carbocycles. The van der Waals surface area contributed by atoms with E-state index in [1.807, 2.05) is 6.07 Å². The lowest BCUT2D eigenvalue weighted by Gasteiger charge is -2.17. The molecule has 5 nitrogen and oxygen atoms in total. The minimum atomic E-state index is -0.494. The van der Waals surface area contributed by atoms with Crippen molar-refractivity contribution in [2.45, 2.75) is 13.5 Å². The van der Waals surface area contributed by atoms with Crippen molar-refractivity contribution in [3.63, 3.8) is 0 Å². The molecule has 0 bridgehead atoms. The van der Waals surface area contributed by atoms with Crippen molar-refractivity contribution in [2.75, 3.05) is 20.1 Å². The van der Waals surface area contributed by atoms with Crippen LogP contribution in [0.15, 0.2) is 18.2 Å². The van der Waals surface area contributed by atoms with E-state index in [0.29, 0.717) is 23.1 Å². The maximum atomic E-state index is 11.6. The van der Waals surface area contributed by atoms with Crippen LogP contribution in [0.3, 0.4) is 0 Å². The van der Waals surface area contributed by atoms with E-state index < -0.39 is 6.03 Å². The summed E-state index contributed by atoms with van der Waals surface area (Å²) in [5, 5.41) is 5.68. The van der Waals surface area contributed by atoms with E-state index >= 15 is 0 Å². The molecule has 0 aliphatic heterocycles. The Balaban J connectivity index is 2.51. The first-order valence-electron chi connectivity index (χ1n) is 6.13. The number of halogens is 2. The Morgan fingerprint density at radius 2 is 2.00 bits per heavy atom. The Hall–Kier alpha value is -1.30. The highest BCUT2D eigenvalue weighted by atomic mass is 35.5. The third-order valence-corrected chi connectivity index (χ3v) is 3.33. The van der Waals surface area contributed by atoms with Gasteiger partial charge < -0.3 is 5.32 Å². The SMILES string of the molecule is CCNC(=O)NC(=O)CN(C)Cc1cccc(Cl)c1Cl. The fourth-order valence-corrected chi connectivity index (χ4v) is 2.01. The van der Waals surface area contributed by atoms with Gasteiger partial charge in [0.1, 0.15) is 0 Å². The number of rotatable bonds is 5. The topological polar surface area (TPSA) is 61.4 Å². The van der Waals surface area contributed by atoms with Gasteiger partial charge in [0.25, 0.3) is 0 Å². The molecule has 0 fully saturated rings. The minimum absolute atomic E-state index is 0.0833. The zero-order valence-corrected chi connectivity index (χ0v) is 12.9. The summed E-state index contributed by atoms with van der Waals surface area (Å²) in [6.07, 6.45) is 0. The van der Waals surface area contributed by atoms with Crippen molar-refractivity contribution in [1.82, 2.24) is 15.5 Å². The van der Waals surface area contributed by atoms with Crippen molar-refractivity contribution in [1.29, 1.82) is 0 Å². The lowest BCUT2D eigenvalue weighted by molar-refractivity contribution is -0.120. The summed E-state index contributed by atoms with van der Waals surface area (Å²) in [5.41, 5.74) is 0.826.